The Morgan fingerprint density at radius 3 is 2.44 bits per heavy atom. The minimum Gasteiger partial charge on any atom is -0.371 e. The quantitative estimate of drug-likeness (QED) is 0.800. The highest BCUT2D eigenvalue weighted by atomic mass is 16.5. The first kappa shape index (κ1) is 14.0. The van der Waals surface area contributed by atoms with E-state index >= 15 is 0 Å². The summed E-state index contributed by atoms with van der Waals surface area (Å²) in [5, 5.41) is 0. The molecule has 0 saturated heterocycles. The summed E-state index contributed by atoms with van der Waals surface area (Å²) in [7, 11) is 0. The van der Waals surface area contributed by atoms with Gasteiger partial charge in [-0.15, -0.1) is 0 Å². The van der Waals surface area contributed by atoms with Crippen molar-refractivity contribution < 1.29 is 4.74 Å². The van der Waals surface area contributed by atoms with Gasteiger partial charge in [-0.1, -0.05) is 27.2 Å². The van der Waals surface area contributed by atoms with Gasteiger partial charge in [0.1, 0.15) is 0 Å². The maximum absolute atomic E-state index is 6.25. The molecule has 0 bridgehead atoms. The molecule has 96 valence electrons. The van der Waals surface area contributed by atoms with Crippen LogP contribution in [0.25, 0.3) is 0 Å². The third-order valence-electron chi connectivity index (χ3n) is 3.92. The standard InChI is InChI=1S/C14H29NO/c1-10(2)12-7-6-11(3)8-13(12)16-14(4,5)9-15/h10-13H,6-9,15H2,1-5H3. The molecule has 16 heavy (non-hydrogen) atoms. The average Bonchev–Trinajstić information content (AvgIpc) is 2.16. The van der Waals surface area contributed by atoms with Gasteiger partial charge in [-0.25, -0.2) is 0 Å². The molecule has 3 unspecified atom stereocenters. The van der Waals surface area contributed by atoms with Crippen molar-refractivity contribution in [2.24, 2.45) is 23.5 Å². The van der Waals surface area contributed by atoms with E-state index in [0.717, 1.165) is 5.92 Å². The van der Waals surface area contributed by atoms with Gasteiger partial charge in [0.15, 0.2) is 0 Å². The predicted octanol–water partition coefficient (Wildman–Crippen LogP) is 3.20. The Hall–Kier alpha value is -0.0800. The van der Waals surface area contributed by atoms with Crippen LogP contribution in [0.4, 0.5) is 0 Å². The highest BCUT2D eigenvalue weighted by Crippen LogP contribution is 2.36. The molecule has 0 heterocycles. The van der Waals surface area contributed by atoms with Crippen molar-refractivity contribution in [3.63, 3.8) is 0 Å². The molecule has 0 amide bonds. The fraction of sp³-hybridized carbons (Fsp3) is 1.00. The second kappa shape index (κ2) is 5.50. The van der Waals surface area contributed by atoms with Crippen molar-refractivity contribution >= 4 is 0 Å². The second-order valence-electron chi connectivity index (χ2n) is 6.45. The van der Waals surface area contributed by atoms with E-state index in [2.05, 4.69) is 34.6 Å². The molecule has 0 aromatic rings. The molecular formula is C14H29NO. The summed E-state index contributed by atoms with van der Waals surface area (Å²) in [6.45, 7) is 11.8. The van der Waals surface area contributed by atoms with E-state index in [4.69, 9.17) is 10.5 Å². The number of hydrogen-bond acceptors (Lipinski definition) is 2. The lowest BCUT2D eigenvalue weighted by Crippen LogP contribution is -2.43. The lowest BCUT2D eigenvalue weighted by molar-refractivity contribution is -0.118. The first-order chi connectivity index (χ1) is 7.35. The van der Waals surface area contributed by atoms with Gasteiger partial charge >= 0.3 is 0 Å². The summed E-state index contributed by atoms with van der Waals surface area (Å²) in [5.41, 5.74) is 5.58. The van der Waals surface area contributed by atoms with Gasteiger partial charge in [-0.05, 0) is 44.4 Å². The van der Waals surface area contributed by atoms with E-state index in [0.29, 0.717) is 24.5 Å². The van der Waals surface area contributed by atoms with Crippen LogP contribution in [-0.4, -0.2) is 18.2 Å². The Morgan fingerprint density at radius 2 is 1.94 bits per heavy atom. The highest BCUT2D eigenvalue weighted by Gasteiger charge is 2.34. The summed E-state index contributed by atoms with van der Waals surface area (Å²) < 4.78 is 6.25. The van der Waals surface area contributed by atoms with E-state index in [-0.39, 0.29) is 5.60 Å². The summed E-state index contributed by atoms with van der Waals surface area (Å²) in [6.07, 6.45) is 4.27. The van der Waals surface area contributed by atoms with Gasteiger partial charge in [0.05, 0.1) is 11.7 Å². The van der Waals surface area contributed by atoms with Crippen LogP contribution < -0.4 is 5.73 Å². The van der Waals surface area contributed by atoms with Crippen molar-refractivity contribution in [1.29, 1.82) is 0 Å². The lowest BCUT2D eigenvalue weighted by Gasteiger charge is -2.41. The zero-order chi connectivity index (χ0) is 12.3. The van der Waals surface area contributed by atoms with Crippen LogP contribution in [0.1, 0.15) is 53.9 Å². The zero-order valence-electron chi connectivity index (χ0n) is 11.6. The van der Waals surface area contributed by atoms with E-state index < -0.39 is 0 Å². The Morgan fingerprint density at radius 1 is 1.31 bits per heavy atom. The number of hydrogen-bond donors (Lipinski definition) is 1. The molecule has 2 nitrogen and oxygen atoms in total. The molecule has 2 N–H and O–H groups in total. The molecule has 1 aliphatic carbocycles. The van der Waals surface area contributed by atoms with Crippen LogP contribution in [0.5, 0.6) is 0 Å². The second-order valence-corrected chi connectivity index (χ2v) is 6.45. The largest absolute Gasteiger partial charge is 0.371 e. The molecule has 0 aliphatic heterocycles. The van der Waals surface area contributed by atoms with Gasteiger partial charge in [-0.2, -0.15) is 0 Å². The van der Waals surface area contributed by atoms with Crippen LogP contribution >= 0.6 is 0 Å². The maximum Gasteiger partial charge on any atom is 0.0752 e. The summed E-state index contributed by atoms with van der Waals surface area (Å²) in [5.74, 6) is 2.22. The molecule has 1 saturated carbocycles. The van der Waals surface area contributed by atoms with E-state index in [1.807, 2.05) is 0 Å². The molecule has 2 heteroatoms. The van der Waals surface area contributed by atoms with Crippen molar-refractivity contribution in [1.82, 2.24) is 0 Å². The normalized spacial score (nSPS) is 32.1. The van der Waals surface area contributed by atoms with Crippen molar-refractivity contribution in [3.8, 4) is 0 Å². The summed E-state index contributed by atoms with van der Waals surface area (Å²) >= 11 is 0. The van der Waals surface area contributed by atoms with Gasteiger partial charge < -0.3 is 10.5 Å². The number of rotatable bonds is 4. The minimum atomic E-state index is -0.172. The molecule has 1 rings (SSSR count). The lowest BCUT2D eigenvalue weighted by atomic mass is 9.75. The zero-order valence-corrected chi connectivity index (χ0v) is 11.6. The fourth-order valence-corrected chi connectivity index (χ4v) is 2.71. The maximum atomic E-state index is 6.25. The van der Waals surface area contributed by atoms with Crippen molar-refractivity contribution in [2.75, 3.05) is 6.54 Å². The molecule has 0 aromatic heterocycles. The van der Waals surface area contributed by atoms with E-state index in [1.165, 1.54) is 19.3 Å². The van der Waals surface area contributed by atoms with Gasteiger partial charge in [0, 0.05) is 6.54 Å². The van der Waals surface area contributed by atoms with Crippen molar-refractivity contribution in [2.45, 2.75) is 65.6 Å². The third-order valence-corrected chi connectivity index (χ3v) is 3.92. The van der Waals surface area contributed by atoms with Crippen LogP contribution in [0.3, 0.4) is 0 Å². The van der Waals surface area contributed by atoms with E-state index in [9.17, 15) is 0 Å². The molecule has 0 radical (unpaired) electrons. The van der Waals surface area contributed by atoms with Gasteiger partial charge in [0.2, 0.25) is 0 Å². The smallest absolute Gasteiger partial charge is 0.0752 e. The number of nitrogens with two attached hydrogens (primary N) is 1. The molecule has 3 atom stereocenters. The minimum absolute atomic E-state index is 0.172. The highest BCUT2D eigenvalue weighted by molar-refractivity contribution is 4.84. The predicted molar refractivity (Wildman–Crippen MR) is 69.3 cm³/mol. The van der Waals surface area contributed by atoms with Gasteiger partial charge in [0.25, 0.3) is 0 Å². The Kier molecular flexibility index (Phi) is 4.81. The summed E-state index contributed by atoms with van der Waals surface area (Å²) in [6, 6.07) is 0. The molecular weight excluding hydrogens is 198 g/mol. The Balaban J connectivity index is 2.64. The molecule has 0 aromatic carbocycles. The van der Waals surface area contributed by atoms with Crippen molar-refractivity contribution in [3.05, 3.63) is 0 Å². The van der Waals surface area contributed by atoms with Crippen LogP contribution in [0.2, 0.25) is 0 Å². The van der Waals surface area contributed by atoms with Crippen LogP contribution in [0.15, 0.2) is 0 Å². The average molecular weight is 227 g/mol. The van der Waals surface area contributed by atoms with Crippen LogP contribution in [0, 0.1) is 17.8 Å². The molecule has 1 aliphatic rings. The van der Waals surface area contributed by atoms with Gasteiger partial charge in [-0.3, -0.25) is 0 Å². The Labute approximate surface area is 101 Å². The fourth-order valence-electron chi connectivity index (χ4n) is 2.71. The monoisotopic (exact) mass is 227 g/mol. The summed E-state index contributed by atoms with van der Waals surface area (Å²) in [4.78, 5) is 0. The third kappa shape index (κ3) is 3.74. The van der Waals surface area contributed by atoms with E-state index in [1.54, 1.807) is 0 Å². The topological polar surface area (TPSA) is 35.2 Å². The van der Waals surface area contributed by atoms with Crippen LogP contribution in [-0.2, 0) is 4.74 Å². The number of ether oxygens (including phenoxy) is 1. The SMILES string of the molecule is CC1CCC(C(C)C)C(OC(C)(C)CN)C1. The first-order valence-electron chi connectivity index (χ1n) is 6.73. The molecule has 0 spiro atoms. The Bertz CT molecular complexity index is 213. The first-order valence-corrected chi connectivity index (χ1v) is 6.73. The molecule has 1 fully saturated rings.